The molecule has 2 aromatic rings. The lowest BCUT2D eigenvalue weighted by Gasteiger charge is -2.04. The predicted molar refractivity (Wildman–Crippen MR) is 63.2 cm³/mol. The van der Waals surface area contributed by atoms with Gasteiger partial charge in [0, 0.05) is 0 Å². The molecule has 5 nitrogen and oxygen atoms in total. The molecule has 3 rings (SSSR count). The molecular weight excluding hydrogens is 232 g/mol. The molecule has 0 radical (unpaired) electrons. The van der Waals surface area contributed by atoms with Crippen LogP contribution in [-0.4, -0.2) is 23.0 Å². The third-order valence-corrected chi connectivity index (χ3v) is 2.62. The molecule has 0 unspecified atom stereocenters. The van der Waals surface area contributed by atoms with Crippen LogP contribution in [0.25, 0.3) is 0 Å². The van der Waals surface area contributed by atoms with Crippen LogP contribution in [0.4, 0.5) is 0 Å². The lowest BCUT2D eigenvalue weighted by molar-refractivity contribution is 0.0660. The summed E-state index contributed by atoms with van der Waals surface area (Å²) in [6.07, 6.45) is 2.82. The molecule has 0 N–H and O–H groups in total. The van der Waals surface area contributed by atoms with Crippen molar-refractivity contribution in [2.75, 3.05) is 0 Å². The zero-order valence-corrected chi connectivity index (χ0v) is 9.24. The highest BCUT2D eigenvalue weighted by molar-refractivity contribution is 6.21. The van der Waals surface area contributed by atoms with Gasteiger partial charge in [-0.1, -0.05) is 12.1 Å². The Morgan fingerprint density at radius 2 is 1.67 bits per heavy atom. The van der Waals surface area contributed by atoms with Crippen molar-refractivity contribution in [3.63, 3.8) is 0 Å². The van der Waals surface area contributed by atoms with Gasteiger partial charge in [-0.15, -0.1) is 0 Å². The van der Waals surface area contributed by atoms with Crippen molar-refractivity contribution in [3.8, 4) is 0 Å². The summed E-state index contributed by atoms with van der Waals surface area (Å²) in [5, 5.41) is 4.70. The number of hydrogen-bond donors (Lipinski definition) is 0. The van der Waals surface area contributed by atoms with E-state index in [1.807, 2.05) is 0 Å². The second-order valence-electron chi connectivity index (χ2n) is 3.73. The van der Waals surface area contributed by atoms with Crippen molar-refractivity contribution >= 4 is 18.0 Å². The second-order valence-corrected chi connectivity index (χ2v) is 3.73. The molecule has 2 amide bonds. The number of rotatable bonds is 2. The first-order valence-corrected chi connectivity index (χ1v) is 5.32. The van der Waals surface area contributed by atoms with Crippen molar-refractivity contribution in [3.05, 3.63) is 59.5 Å². The van der Waals surface area contributed by atoms with E-state index in [0.29, 0.717) is 16.9 Å². The van der Waals surface area contributed by atoms with E-state index in [4.69, 9.17) is 4.42 Å². The van der Waals surface area contributed by atoms with Crippen molar-refractivity contribution < 1.29 is 14.0 Å². The van der Waals surface area contributed by atoms with E-state index >= 15 is 0 Å². The number of nitrogens with zero attached hydrogens (tertiary/aromatic N) is 2. The number of amides is 2. The molecule has 18 heavy (non-hydrogen) atoms. The summed E-state index contributed by atoms with van der Waals surface area (Å²) in [6, 6.07) is 10.0. The largest absolute Gasteiger partial charge is 0.463 e. The number of benzene rings is 1. The van der Waals surface area contributed by atoms with Crippen LogP contribution in [-0.2, 0) is 0 Å². The van der Waals surface area contributed by atoms with E-state index in [1.165, 1.54) is 12.5 Å². The van der Waals surface area contributed by atoms with Crippen molar-refractivity contribution in [2.45, 2.75) is 0 Å². The number of furan rings is 1. The standard InChI is InChI=1S/C13H8N2O3/c16-12-10-5-1-2-6-11(10)13(17)15(12)14-8-9-4-3-7-18-9/h1-8H/b14-8+. The molecule has 1 aromatic heterocycles. The van der Waals surface area contributed by atoms with Crippen LogP contribution in [0.1, 0.15) is 26.5 Å². The number of carbonyl (C=O) groups excluding carboxylic acids is 2. The lowest BCUT2D eigenvalue weighted by Crippen LogP contribution is -2.23. The van der Waals surface area contributed by atoms with Crippen LogP contribution in [0.3, 0.4) is 0 Å². The van der Waals surface area contributed by atoms with Gasteiger partial charge in [-0.3, -0.25) is 9.59 Å². The minimum Gasteiger partial charge on any atom is -0.463 e. The minimum atomic E-state index is -0.418. The first-order valence-electron chi connectivity index (χ1n) is 5.32. The molecule has 1 aliphatic rings. The van der Waals surface area contributed by atoms with Gasteiger partial charge in [-0.05, 0) is 24.3 Å². The van der Waals surface area contributed by atoms with Crippen LogP contribution in [0.15, 0.2) is 52.2 Å². The van der Waals surface area contributed by atoms with Gasteiger partial charge in [0.25, 0.3) is 11.8 Å². The zero-order valence-electron chi connectivity index (χ0n) is 9.24. The summed E-state index contributed by atoms with van der Waals surface area (Å²) in [6.45, 7) is 0. The highest BCUT2D eigenvalue weighted by atomic mass is 16.3. The molecule has 88 valence electrons. The van der Waals surface area contributed by atoms with Gasteiger partial charge in [0.1, 0.15) is 5.76 Å². The molecular formula is C13H8N2O3. The van der Waals surface area contributed by atoms with Crippen molar-refractivity contribution in [1.82, 2.24) is 5.01 Å². The van der Waals surface area contributed by atoms with Crippen LogP contribution in [0.2, 0.25) is 0 Å². The third kappa shape index (κ3) is 1.53. The van der Waals surface area contributed by atoms with Crippen LogP contribution >= 0.6 is 0 Å². The first-order chi connectivity index (χ1) is 8.77. The molecule has 0 bridgehead atoms. The van der Waals surface area contributed by atoms with Gasteiger partial charge in [0.15, 0.2) is 0 Å². The summed E-state index contributed by atoms with van der Waals surface area (Å²) in [5.74, 6) is -0.358. The fourth-order valence-electron chi connectivity index (χ4n) is 1.76. The van der Waals surface area contributed by atoms with Crippen LogP contribution in [0.5, 0.6) is 0 Å². The van der Waals surface area contributed by atoms with E-state index in [1.54, 1.807) is 36.4 Å². The van der Waals surface area contributed by atoms with E-state index in [9.17, 15) is 9.59 Å². The fraction of sp³-hybridized carbons (Fsp3) is 0. The quantitative estimate of drug-likeness (QED) is 0.595. The molecule has 0 saturated heterocycles. The first kappa shape index (κ1) is 10.5. The maximum atomic E-state index is 11.9. The summed E-state index contributed by atoms with van der Waals surface area (Å²) in [5.41, 5.74) is 0.748. The number of hydrazone groups is 1. The van der Waals surface area contributed by atoms with Gasteiger partial charge < -0.3 is 4.42 Å². The normalized spacial score (nSPS) is 14.6. The van der Waals surface area contributed by atoms with Crippen molar-refractivity contribution in [2.24, 2.45) is 5.10 Å². The third-order valence-electron chi connectivity index (χ3n) is 2.62. The van der Waals surface area contributed by atoms with Gasteiger partial charge in [-0.25, -0.2) is 0 Å². The molecule has 0 aliphatic carbocycles. The molecule has 0 atom stereocenters. The number of imide groups is 1. The monoisotopic (exact) mass is 240 g/mol. The van der Waals surface area contributed by atoms with Crippen molar-refractivity contribution in [1.29, 1.82) is 0 Å². The smallest absolute Gasteiger partial charge is 0.282 e. The maximum absolute atomic E-state index is 11.9. The summed E-state index contributed by atoms with van der Waals surface area (Å²) >= 11 is 0. The Labute approximate surface area is 102 Å². The average Bonchev–Trinajstić information content (AvgIpc) is 2.98. The second kappa shape index (κ2) is 3.96. The van der Waals surface area contributed by atoms with Gasteiger partial charge in [0.05, 0.1) is 23.6 Å². The van der Waals surface area contributed by atoms with Gasteiger partial charge >= 0.3 is 0 Å². The van der Waals surface area contributed by atoms with Gasteiger partial charge in [0.2, 0.25) is 0 Å². The Balaban J connectivity index is 1.93. The minimum absolute atomic E-state index is 0.374. The number of fused-ring (bicyclic) bond motifs is 1. The van der Waals surface area contributed by atoms with Crippen LogP contribution in [0, 0.1) is 0 Å². The Morgan fingerprint density at radius 1 is 1.00 bits per heavy atom. The van der Waals surface area contributed by atoms with Crippen LogP contribution < -0.4 is 0 Å². The highest BCUT2D eigenvalue weighted by Crippen LogP contribution is 2.22. The Hall–Kier alpha value is -2.69. The van der Waals surface area contributed by atoms with E-state index in [-0.39, 0.29) is 0 Å². The summed E-state index contributed by atoms with van der Waals surface area (Å²) < 4.78 is 5.04. The maximum Gasteiger partial charge on any atom is 0.282 e. The van der Waals surface area contributed by atoms with E-state index in [2.05, 4.69) is 5.10 Å². The Morgan fingerprint density at radius 3 is 2.22 bits per heavy atom. The SMILES string of the molecule is O=C1c2ccccc2C(=O)N1/N=C/c1ccco1. The summed E-state index contributed by atoms with van der Waals surface area (Å²) in [7, 11) is 0. The Bertz CT molecular complexity index is 609. The average molecular weight is 240 g/mol. The van der Waals surface area contributed by atoms with E-state index in [0.717, 1.165) is 5.01 Å². The summed E-state index contributed by atoms with van der Waals surface area (Å²) in [4.78, 5) is 23.9. The zero-order chi connectivity index (χ0) is 12.5. The molecule has 1 aliphatic heterocycles. The molecule has 5 heteroatoms. The number of carbonyl (C=O) groups is 2. The molecule has 1 aromatic carbocycles. The number of hydrogen-bond acceptors (Lipinski definition) is 4. The predicted octanol–water partition coefficient (Wildman–Crippen LogP) is 1.91. The highest BCUT2D eigenvalue weighted by Gasteiger charge is 2.35. The molecule has 2 heterocycles. The van der Waals surface area contributed by atoms with Gasteiger partial charge in [-0.2, -0.15) is 10.1 Å². The molecule has 0 spiro atoms. The lowest BCUT2D eigenvalue weighted by atomic mass is 10.1. The topological polar surface area (TPSA) is 62.9 Å². The fourth-order valence-corrected chi connectivity index (χ4v) is 1.76. The molecule has 0 saturated carbocycles. The van der Waals surface area contributed by atoms with E-state index < -0.39 is 11.8 Å². The molecule has 0 fully saturated rings. The Kier molecular flexibility index (Phi) is 2.30.